The monoisotopic (exact) mass is 380 g/mol. The number of nitrogens with zero attached hydrogens (tertiary/aromatic N) is 1. The molecule has 0 spiro atoms. The molecule has 0 radical (unpaired) electrons. The molecule has 7 heteroatoms. The lowest BCUT2D eigenvalue weighted by Crippen LogP contribution is -2.33. The second kappa shape index (κ2) is 8.77. The van der Waals surface area contributed by atoms with Crippen LogP contribution >= 0.6 is 0 Å². The van der Waals surface area contributed by atoms with Crippen LogP contribution in [-0.4, -0.2) is 17.4 Å². The molecule has 1 unspecified atom stereocenters. The molecule has 0 saturated carbocycles. The van der Waals surface area contributed by atoms with Gasteiger partial charge in [0.1, 0.15) is 5.82 Å². The molecule has 1 N–H and O–H groups in total. The Hall–Kier alpha value is -3.74. The molecular weight excluding hydrogens is 363 g/mol. The topological polar surface area (TPSA) is 81.5 Å². The molecule has 1 atom stereocenters. The molecular formula is C21H17FN2O4. The molecule has 0 fully saturated rings. The number of benzene rings is 3. The standard InChI is InChI=1S/C21H17FN2O4/c22-17-12-10-16(11-13-17)21(15-6-2-1-3-7-15)23-20(25)14-28-19-9-5-4-8-18(19)24(26)27/h1-13,21H,14H2,(H,23,25). The Morgan fingerprint density at radius 3 is 2.25 bits per heavy atom. The highest BCUT2D eigenvalue weighted by Crippen LogP contribution is 2.26. The summed E-state index contributed by atoms with van der Waals surface area (Å²) < 4.78 is 18.6. The molecule has 0 aliphatic rings. The lowest BCUT2D eigenvalue weighted by Gasteiger charge is -2.20. The normalized spacial score (nSPS) is 11.5. The molecule has 0 aromatic heterocycles. The van der Waals surface area contributed by atoms with E-state index in [1.54, 1.807) is 18.2 Å². The van der Waals surface area contributed by atoms with Gasteiger partial charge in [0.2, 0.25) is 0 Å². The van der Waals surface area contributed by atoms with Crippen molar-refractivity contribution in [3.63, 3.8) is 0 Å². The Morgan fingerprint density at radius 1 is 0.964 bits per heavy atom. The van der Waals surface area contributed by atoms with E-state index in [9.17, 15) is 19.3 Å². The fourth-order valence-corrected chi connectivity index (χ4v) is 2.74. The van der Waals surface area contributed by atoms with Gasteiger partial charge in [-0.05, 0) is 29.3 Å². The van der Waals surface area contributed by atoms with Gasteiger partial charge in [0, 0.05) is 6.07 Å². The fourth-order valence-electron chi connectivity index (χ4n) is 2.74. The van der Waals surface area contributed by atoms with Crippen molar-refractivity contribution < 1.29 is 18.8 Å². The summed E-state index contributed by atoms with van der Waals surface area (Å²) in [5.41, 5.74) is 1.30. The molecule has 3 aromatic carbocycles. The van der Waals surface area contributed by atoms with Crippen molar-refractivity contribution in [1.82, 2.24) is 5.32 Å². The van der Waals surface area contributed by atoms with Crippen molar-refractivity contribution in [2.24, 2.45) is 0 Å². The molecule has 142 valence electrons. The minimum atomic E-state index is -0.571. The van der Waals surface area contributed by atoms with Crippen molar-refractivity contribution in [2.45, 2.75) is 6.04 Å². The lowest BCUT2D eigenvalue weighted by atomic mass is 9.98. The first-order valence-corrected chi connectivity index (χ1v) is 8.50. The second-order valence-electron chi connectivity index (χ2n) is 5.98. The van der Waals surface area contributed by atoms with Gasteiger partial charge in [-0.1, -0.05) is 54.6 Å². The Balaban J connectivity index is 1.75. The van der Waals surface area contributed by atoms with Crippen LogP contribution in [0, 0.1) is 15.9 Å². The van der Waals surface area contributed by atoms with Gasteiger partial charge in [0.25, 0.3) is 5.91 Å². The van der Waals surface area contributed by atoms with E-state index in [4.69, 9.17) is 4.74 Å². The SMILES string of the molecule is O=C(COc1ccccc1[N+](=O)[O-])NC(c1ccccc1)c1ccc(F)cc1. The first-order valence-electron chi connectivity index (χ1n) is 8.50. The van der Waals surface area contributed by atoms with E-state index in [-0.39, 0.29) is 17.3 Å². The highest BCUT2D eigenvalue weighted by molar-refractivity contribution is 5.78. The maximum atomic E-state index is 13.3. The average molecular weight is 380 g/mol. The van der Waals surface area contributed by atoms with Gasteiger partial charge in [-0.3, -0.25) is 14.9 Å². The van der Waals surface area contributed by atoms with Gasteiger partial charge in [-0.2, -0.15) is 0 Å². The molecule has 0 aliphatic heterocycles. The summed E-state index contributed by atoms with van der Waals surface area (Å²) >= 11 is 0. The Kier molecular flexibility index (Phi) is 5.96. The third kappa shape index (κ3) is 4.70. The third-order valence-electron chi connectivity index (χ3n) is 4.06. The second-order valence-corrected chi connectivity index (χ2v) is 5.98. The van der Waals surface area contributed by atoms with Crippen LogP contribution in [-0.2, 0) is 4.79 Å². The van der Waals surface area contributed by atoms with E-state index < -0.39 is 23.5 Å². The number of carbonyl (C=O) groups is 1. The number of amides is 1. The molecule has 0 aliphatic carbocycles. The summed E-state index contributed by atoms with van der Waals surface area (Å²) in [5.74, 6) is -0.821. The first-order chi connectivity index (χ1) is 13.5. The molecule has 0 heterocycles. The van der Waals surface area contributed by atoms with E-state index >= 15 is 0 Å². The number of ether oxygens (including phenoxy) is 1. The molecule has 0 bridgehead atoms. The van der Waals surface area contributed by atoms with E-state index in [0.29, 0.717) is 5.56 Å². The smallest absolute Gasteiger partial charge is 0.310 e. The van der Waals surface area contributed by atoms with Crippen LogP contribution in [0.4, 0.5) is 10.1 Å². The molecule has 6 nitrogen and oxygen atoms in total. The molecule has 1 amide bonds. The first kappa shape index (κ1) is 19.0. The molecule has 3 aromatic rings. The number of nitrogens with one attached hydrogen (secondary N) is 1. The maximum Gasteiger partial charge on any atom is 0.310 e. The van der Waals surface area contributed by atoms with Gasteiger partial charge in [-0.15, -0.1) is 0 Å². The minimum absolute atomic E-state index is 0.0145. The average Bonchev–Trinajstić information content (AvgIpc) is 2.72. The number of hydrogen-bond acceptors (Lipinski definition) is 4. The fraction of sp³-hybridized carbons (Fsp3) is 0.0952. The number of halogens is 1. The zero-order valence-electron chi connectivity index (χ0n) is 14.7. The maximum absolute atomic E-state index is 13.3. The lowest BCUT2D eigenvalue weighted by molar-refractivity contribution is -0.385. The minimum Gasteiger partial charge on any atom is -0.477 e. The van der Waals surface area contributed by atoms with Crippen LogP contribution in [0.3, 0.4) is 0 Å². The number of carbonyl (C=O) groups excluding carboxylic acids is 1. The largest absolute Gasteiger partial charge is 0.477 e. The predicted octanol–water partition coefficient (Wildman–Crippen LogP) is 4.02. The Morgan fingerprint density at radius 2 is 1.57 bits per heavy atom. The third-order valence-corrected chi connectivity index (χ3v) is 4.06. The summed E-state index contributed by atoms with van der Waals surface area (Å²) in [4.78, 5) is 22.9. The van der Waals surface area contributed by atoms with Crippen molar-refractivity contribution in [2.75, 3.05) is 6.61 Å². The molecule has 0 saturated heterocycles. The highest BCUT2D eigenvalue weighted by atomic mass is 19.1. The van der Waals surface area contributed by atoms with Crippen molar-refractivity contribution in [3.05, 3.63) is 106 Å². The zero-order chi connectivity index (χ0) is 19.9. The van der Waals surface area contributed by atoms with Crippen molar-refractivity contribution in [1.29, 1.82) is 0 Å². The molecule has 3 rings (SSSR count). The van der Waals surface area contributed by atoms with Gasteiger partial charge in [0.05, 0.1) is 11.0 Å². The van der Waals surface area contributed by atoms with Crippen molar-refractivity contribution >= 4 is 11.6 Å². The Labute approximate surface area is 160 Å². The van der Waals surface area contributed by atoms with E-state index in [0.717, 1.165) is 5.56 Å². The van der Waals surface area contributed by atoms with Crippen LogP contribution < -0.4 is 10.1 Å². The van der Waals surface area contributed by atoms with Gasteiger partial charge in [-0.25, -0.2) is 4.39 Å². The van der Waals surface area contributed by atoms with E-state index in [2.05, 4.69) is 5.32 Å². The molecule has 28 heavy (non-hydrogen) atoms. The predicted molar refractivity (Wildman–Crippen MR) is 101 cm³/mol. The Bertz CT molecular complexity index is 962. The van der Waals surface area contributed by atoms with Crippen LogP contribution in [0.1, 0.15) is 17.2 Å². The van der Waals surface area contributed by atoms with Crippen LogP contribution in [0.15, 0.2) is 78.9 Å². The summed E-state index contributed by atoms with van der Waals surface area (Å²) in [6.45, 7) is -0.393. The van der Waals surface area contributed by atoms with Crippen LogP contribution in [0.2, 0.25) is 0 Å². The highest BCUT2D eigenvalue weighted by Gasteiger charge is 2.19. The zero-order valence-corrected chi connectivity index (χ0v) is 14.7. The number of rotatable bonds is 7. The number of nitro benzene ring substituents is 1. The van der Waals surface area contributed by atoms with E-state index in [1.165, 1.54) is 30.3 Å². The van der Waals surface area contributed by atoms with Gasteiger partial charge >= 0.3 is 5.69 Å². The summed E-state index contributed by atoms with van der Waals surface area (Å²) in [7, 11) is 0. The quantitative estimate of drug-likeness (QED) is 0.496. The number of para-hydroxylation sites is 2. The summed E-state index contributed by atoms with van der Waals surface area (Å²) in [6.07, 6.45) is 0. The summed E-state index contributed by atoms with van der Waals surface area (Å²) in [5, 5.41) is 13.9. The van der Waals surface area contributed by atoms with Crippen LogP contribution in [0.25, 0.3) is 0 Å². The van der Waals surface area contributed by atoms with Gasteiger partial charge < -0.3 is 10.1 Å². The van der Waals surface area contributed by atoms with E-state index in [1.807, 2.05) is 30.3 Å². The summed E-state index contributed by atoms with van der Waals surface area (Å²) in [6, 6.07) is 20.4. The van der Waals surface area contributed by atoms with Gasteiger partial charge in [0.15, 0.2) is 12.4 Å². The number of hydrogen-bond donors (Lipinski definition) is 1. The van der Waals surface area contributed by atoms with Crippen molar-refractivity contribution in [3.8, 4) is 5.75 Å². The van der Waals surface area contributed by atoms with Crippen LogP contribution in [0.5, 0.6) is 5.75 Å². The number of nitro groups is 1.